The van der Waals surface area contributed by atoms with Crippen molar-refractivity contribution in [3.8, 4) is 0 Å². The topological polar surface area (TPSA) is 0 Å². The minimum atomic E-state index is 0.0929. The Balaban J connectivity index is 2.12. The lowest BCUT2D eigenvalue weighted by atomic mass is 9.66. The molecule has 2 atom stereocenters. The lowest BCUT2D eigenvalue weighted by Crippen LogP contribution is -2.29. The van der Waals surface area contributed by atoms with Crippen LogP contribution in [0.15, 0.2) is 60.7 Å². The summed E-state index contributed by atoms with van der Waals surface area (Å²) in [5, 5.41) is 0. The highest BCUT2D eigenvalue weighted by molar-refractivity contribution is 5.62. The summed E-state index contributed by atoms with van der Waals surface area (Å²) in [5.74, 6) is 0.501. The smallest absolute Gasteiger partial charge is 0.0173 e. The van der Waals surface area contributed by atoms with Gasteiger partial charge >= 0.3 is 0 Å². The van der Waals surface area contributed by atoms with Gasteiger partial charge in [-0.1, -0.05) is 80.6 Å². The van der Waals surface area contributed by atoms with Crippen molar-refractivity contribution in [1.82, 2.24) is 0 Å². The molecule has 1 aliphatic carbocycles. The average molecular weight is 234 g/mol. The Bertz CT molecular complexity index is 580. The lowest BCUT2D eigenvalue weighted by Gasteiger charge is -2.37. The SMILES string of the molecule is CC1c2ccccc2C=CC1(C)c1ccccc1. The van der Waals surface area contributed by atoms with Gasteiger partial charge in [-0.25, -0.2) is 0 Å². The maximum Gasteiger partial charge on any atom is 0.0173 e. The first-order chi connectivity index (χ1) is 8.72. The Morgan fingerprint density at radius 2 is 1.56 bits per heavy atom. The van der Waals surface area contributed by atoms with Crippen molar-refractivity contribution in [1.29, 1.82) is 0 Å². The maximum absolute atomic E-state index is 2.36. The molecule has 2 unspecified atom stereocenters. The Kier molecular flexibility index (Phi) is 2.59. The number of benzene rings is 2. The first-order valence-electron chi connectivity index (χ1n) is 6.55. The Hall–Kier alpha value is -1.82. The standard InChI is InChI=1S/C18H18/c1-14-17-11-7-6-8-15(17)12-13-18(14,2)16-9-4-3-5-10-16/h3-14H,1-2H3. The number of fused-ring (bicyclic) bond motifs is 1. The predicted molar refractivity (Wildman–Crippen MR) is 77.7 cm³/mol. The second-order valence-corrected chi connectivity index (χ2v) is 5.33. The van der Waals surface area contributed by atoms with Crippen LogP contribution in [0.5, 0.6) is 0 Å². The molecule has 0 radical (unpaired) electrons. The van der Waals surface area contributed by atoms with Crippen LogP contribution < -0.4 is 0 Å². The van der Waals surface area contributed by atoms with Gasteiger partial charge in [0, 0.05) is 5.41 Å². The highest BCUT2D eigenvalue weighted by atomic mass is 14.4. The molecule has 2 aromatic carbocycles. The zero-order chi connectivity index (χ0) is 12.6. The normalized spacial score (nSPS) is 25.8. The van der Waals surface area contributed by atoms with Crippen molar-refractivity contribution < 1.29 is 0 Å². The van der Waals surface area contributed by atoms with Gasteiger partial charge in [0.2, 0.25) is 0 Å². The van der Waals surface area contributed by atoms with Crippen molar-refractivity contribution in [2.24, 2.45) is 0 Å². The molecule has 90 valence electrons. The van der Waals surface area contributed by atoms with E-state index in [1.54, 1.807) is 0 Å². The van der Waals surface area contributed by atoms with E-state index in [0.717, 1.165) is 0 Å². The fourth-order valence-electron chi connectivity index (χ4n) is 2.93. The van der Waals surface area contributed by atoms with Crippen molar-refractivity contribution in [3.05, 3.63) is 77.4 Å². The van der Waals surface area contributed by atoms with Crippen molar-refractivity contribution in [3.63, 3.8) is 0 Å². The predicted octanol–water partition coefficient (Wildman–Crippen LogP) is 4.77. The summed E-state index contributed by atoms with van der Waals surface area (Å²) in [6, 6.07) is 19.5. The molecule has 0 aromatic heterocycles. The van der Waals surface area contributed by atoms with Gasteiger partial charge in [0.25, 0.3) is 0 Å². The minimum absolute atomic E-state index is 0.0929. The van der Waals surface area contributed by atoms with Crippen LogP contribution in [0.25, 0.3) is 6.08 Å². The fraction of sp³-hybridized carbons (Fsp3) is 0.222. The summed E-state index contributed by atoms with van der Waals surface area (Å²) >= 11 is 0. The van der Waals surface area contributed by atoms with Gasteiger partial charge in [-0.05, 0) is 22.6 Å². The van der Waals surface area contributed by atoms with E-state index in [9.17, 15) is 0 Å². The third kappa shape index (κ3) is 1.60. The molecule has 0 saturated heterocycles. The first kappa shape index (κ1) is 11.3. The van der Waals surface area contributed by atoms with Crippen molar-refractivity contribution in [2.45, 2.75) is 25.2 Å². The molecule has 2 aromatic rings. The van der Waals surface area contributed by atoms with E-state index >= 15 is 0 Å². The fourth-order valence-corrected chi connectivity index (χ4v) is 2.93. The average Bonchev–Trinajstić information content (AvgIpc) is 2.44. The van der Waals surface area contributed by atoms with E-state index in [1.807, 2.05) is 0 Å². The van der Waals surface area contributed by atoms with Crippen LogP contribution in [0, 0.1) is 0 Å². The van der Waals surface area contributed by atoms with Crippen LogP contribution in [-0.4, -0.2) is 0 Å². The molecule has 0 nitrogen and oxygen atoms in total. The summed E-state index contributed by atoms with van der Waals surface area (Å²) in [5.41, 5.74) is 4.29. The lowest BCUT2D eigenvalue weighted by molar-refractivity contribution is 0.487. The van der Waals surface area contributed by atoms with Crippen LogP contribution in [-0.2, 0) is 5.41 Å². The zero-order valence-electron chi connectivity index (χ0n) is 10.9. The van der Waals surface area contributed by atoms with Crippen LogP contribution in [0.3, 0.4) is 0 Å². The molecular formula is C18H18. The van der Waals surface area contributed by atoms with E-state index in [1.165, 1.54) is 16.7 Å². The maximum atomic E-state index is 2.36. The number of rotatable bonds is 1. The van der Waals surface area contributed by atoms with Gasteiger partial charge in [-0.15, -0.1) is 0 Å². The summed E-state index contributed by atoms with van der Waals surface area (Å²) in [4.78, 5) is 0. The molecule has 0 N–H and O–H groups in total. The largest absolute Gasteiger partial charge is 0.0730 e. The molecule has 18 heavy (non-hydrogen) atoms. The van der Waals surface area contributed by atoms with Gasteiger partial charge in [-0.2, -0.15) is 0 Å². The Labute approximate surface area is 109 Å². The summed E-state index contributed by atoms with van der Waals surface area (Å²) in [6.07, 6.45) is 4.62. The summed E-state index contributed by atoms with van der Waals surface area (Å²) < 4.78 is 0. The quantitative estimate of drug-likeness (QED) is 0.666. The molecule has 0 saturated carbocycles. The van der Waals surface area contributed by atoms with E-state index < -0.39 is 0 Å². The van der Waals surface area contributed by atoms with Crippen LogP contribution in [0.1, 0.15) is 36.5 Å². The van der Waals surface area contributed by atoms with Gasteiger partial charge < -0.3 is 0 Å². The third-order valence-electron chi connectivity index (χ3n) is 4.37. The number of hydrogen-bond donors (Lipinski definition) is 0. The highest BCUT2D eigenvalue weighted by Crippen LogP contribution is 2.44. The number of allylic oxidation sites excluding steroid dienone is 1. The molecule has 0 fully saturated rings. The zero-order valence-corrected chi connectivity index (χ0v) is 10.9. The Morgan fingerprint density at radius 1 is 0.889 bits per heavy atom. The first-order valence-corrected chi connectivity index (χ1v) is 6.55. The molecule has 0 heterocycles. The van der Waals surface area contributed by atoms with Crippen molar-refractivity contribution >= 4 is 6.08 Å². The summed E-state index contributed by atoms with van der Waals surface area (Å²) in [6.45, 7) is 4.66. The second-order valence-electron chi connectivity index (χ2n) is 5.33. The van der Waals surface area contributed by atoms with Gasteiger partial charge in [-0.3, -0.25) is 0 Å². The van der Waals surface area contributed by atoms with Crippen molar-refractivity contribution in [2.75, 3.05) is 0 Å². The van der Waals surface area contributed by atoms with Crippen LogP contribution in [0.2, 0.25) is 0 Å². The van der Waals surface area contributed by atoms with E-state index in [4.69, 9.17) is 0 Å². The molecular weight excluding hydrogens is 216 g/mol. The number of hydrogen-bond acceptors (Lipinski definition) is 0. The third-order valence-corrected chi connectivity index (χ3v) is 4.37. The van der Waals surface area contributed by atoms with Gasteiger partial charge in [0.15, 0.2) is 0 Å². The second kappa shape index (κ2) is 4.13. The molecule has 0 amide bonds. The highest BCUT2D eigenvalue weighted by Gasteiger charge is 2.34. The molecule has 0 aliphatic heterocycles. The van der Waals surface area contributed by atoms with Gasteiger partial charge in [0.1, 0.15) is 0 Å². The molecule has 1 aliphatic rings. The van der Waals surface area contributed by atoms with E-state index in [-0.39, 0.29) is 5.41 Å². The Morgan fingerprint density at radius 3 is 2.33 bits per heavy atom. The molecule has 0 spiro atoms. The molecule has 0 heteroatoms. The van der Waals surface area contributed by atoms with Crippen LogP contribution in [0.4, 0.5) is 0 Å². The van der Waals surface area contributed by atoms with E-state index in [0.29, 0.717) is 5.92 Å². The monoisotopic (exact) mass is 234 g/mol. The van der Waals surface area contributed by atoms with Gasteiger partial charge in [0.05, 0.1) is 0 Å². The molecule has 0 bridgehead atoms. The van der Waals surface area contributed by atoms with Crippen LogP contribution >= 0.6 is 0 Å². The van der Waals surface area contributed by atoms with E-state index in [2.05, 4.69) is 80.6 Å². The molecule has 3 rings (SSSR count). The summed E-state index contributed by atoms with van der Waals surface area (Å²) in [7, 11) is 0. The minimum Gasteiger partial charge on any atom is -0.0730 e.